The van der Waals surface area contributed by atoms with Crippen LogP contribution in [0.3, 0.4) is 0 Å². The molecule has 3 rings (SSSR count). The maximum Gasteiger partial charge on any atom is 0.224 e. The number of aromatic nitrogens is 1. The normalized spacial score (nSPS) is 10.6. The summed E-state index contributed by atoms with van der Waals surface area (Å²) in [4.78, 5) is 12.1. The molecule has 0 saturated heterocycles. The molecule has 0 unspecified atom stereocenters. The molecule has 2 aromatic carbocycles. The Bertz CT molecular complexity index is 867. The van der Waals surface area contributed by atoms with Gasteiger partial charge < -0.3 is 14.6 Å². The Labute approximate surface area is 150 Å². The summed E-state index contributed by atoms with van der Waals surface area (Å²) in [7, 11) is 0. The molecular weight excluding hydrogens is 335 g/mol. The van der Waals surface area contributed by atoms with Gasteiger partial charge in [-0.3, -0.25) is 4.79 Å². The third kappa shape index (κ3) is 4.47. The molecule has 1 aromatic heterocycles. The molecule has 6 heteroatoms. The second-order valence-corrected chi connectivity index (χ2v) is 5.96. The Hall–Kier alpha value is -3.15. The van der Waals surface area contributed by atoms with Crippen LogP contribution in [0.15, 0.2) is 53.1 Å². The fourth-order valence-electron chi connectivity index (χ4n) is 2.49. The summed E-state index contributed by atoms with van der Waals surface area (Å²) in [5.74, 6) is 1.47. The zero-order chi connectivity index (χ0) is 18.5. The lowest BCUT2D eigenvalue weighted by atomic mass is 10.1. The molecule has 0 saturated carbocycles. The minimum atomic E-state index is -0.306. The molecule has 0 bridgehead atoms. The number of ether oxygens (including phenoxy) is 1. The van der Waals surface area contributed by atoms with Crippen LogP contribution in [0.25, 0.3) is 0 Å². The Kier molecular flexibility index (Phi) is 5.31. The van der Waals surface area contributed by atoms with Gasteiger partial charge in [0.05, 0.1) is 12.1 Å². The van der Waals surface area contributed by atoms with Crippen molar-refractivity contribution < 1.29 is 18.4 Å². The summed E-state index contributed by atoms with van der Waals surface area (Å²) in [6.45, 7) is 4.03. The van der Waals surface area contributed by atoms with Gasteiger partial charge in [-0.1, -0.05) is 17.3 Å². The number of halogens is 1. The lowest BCUT2D eigenvalue weighted by Gasteiger charge is -2.08. The zero-order valence-electron chi connectivity index (χ0n) is 14.6. The van der Waals surface area contributed by atoms with E-state index in [4.69, 9.17) is 9.26 Å². The number of carbonyl (C=O) groups excluding carboxylic acids is 1. The first kappa shape index (κ1) is 17.7. The molecule has 1 amide bonds. The summed E-state index contributed by atoms with van der Waals surface area (Å²) >= 11 is 0. The Morgan fingerprint density at radius 2 is 1.69 bits per heavy atom. The second kappa shape index (κ2) is 7.82. The molecule has 0 fully saturated rings. The molecule has 26 heavy (non-hydrogen) atoms. The number of hydrogen-bond acceptors (Lipinski definition) is 4. The third-order valence-corrected chi connectivity index (χ3v) is 3.98. The lowest BCUT2D eigenvalue weighted by Crippen LogP contribution is -2.24. The average molecular weight is 354 g/mol. The average Bonchev–Trinajstić information content (AvgIpc) is 2.95. The highest BCUT2D eigenvalue weighted by Gasteiger charge is 2.13. The number of nitrogens with one attached hydrogen (secondary N) is 1. The van der Waals surface area contributed by atoms with E-state index in [0.29, 0.717) is 23.8 Å². The summed E-state index contributed by atoms with van der Waals surface area (Å²) < 4.78 is 23.6. The van der Waals surface area contributed by atoms with E-state index in [-0.39, 0.29) is 18.1 Å². The van der Waals surface area contributed by atoms with Crippen LogP contribution >= 0.6 is 0 Å². The Morgan fingerprint density at radius 1 is 1.08 bits per heavy atom. The molecule has 0 radical (unpaired) electrons. The highest BCUT2D eigenvalue weighted by Crippen LogP contribution is 2.22. The number of aryl methyl sites for hydroxylation is 2. The topological polar surface area (TPSA) is 64.4 Å². The molecule has 3 aromatic rings. The SMILES string of the molecule is Cc1noc(C)c1CC(=O)NCc1ccc(Oc2ccc(F)cc2)cc1. The molecule has 134 valence electrons. The fraction of sp³-hybridized carbons (Fsp3) is 0.200. The summed E-state index contributed by atoms with van der Waals surface area (Å²) in [5.41, 5.74) is 2.51. The molecule has 0 spiro atoms. The van der Waals surface area contributed by atoms with E-state index in [1.807, 2.05) is 19.1 Å². The van der Waals surface area contributed by atoms with E-state index in [2.05, 4.69) is 10.5 Å². The molecule has 0 atom stereocenters. The van der Waals surface area contributed by atoms with Gasteiger partial charge in [-0.05, 0) is 55.8 Å². The van der Waals surface area contributed by atoms with Crippen LogP contribution < -0.4 is 10.1 Å². The first-order chi connectivity index (χ1) is 12.5. The number of hydrogen-bond donors (Lipinski definition) is 1. The monoisotopic (exact) mass is 354 g/mol. The Morgan fingerprint density at radius 3 is 2.27 bits per heavy atom. The quantitative estimate of drug-likeness (QED) is 0.724. The molecule has 5 nitrogen and oxygen atoms in total. The molecule has 1 heterocycles. The third-order valence-electron chi connectivity index (χ3n) is 3.98. The van der Waals surface area contributed by atoms with Crippen molar-refractivity contribution in [1.82, 2.24) is 10.5 Å². The number of amides is 1. The molecule has 0 aliphatic carbocycles. The summed E-state index contributed by atoms with van der Waals surface area (Å²) in [6, 6.07) is 13.2. The van der Waals surface area contributed by atoms with Crippen molar-refractivity contribution in [3.63, 3.8) is 0 Å². The van der Waals surface area contributed by atoms with Crippen molar-refractivity contribution in [3.8, 4) is 11.5 Å². The van der Waals surface area contributed by atoms with E-state index < -0.39 is 0 Å². The summed E-state index contributed by atoms with van der Waals surface area (Å²) in [6.07, 6.45) is 0.243. The number of rotatable bonds is 6. The van der Waals surface area contributed by atoms with Crippen LogP contribution in [0.1, 0.15) is 22.6 Å². The molecule has 1 N–H and O–H groups in total. The second-order valence-electron chi connectivity index (χ2n) is 5.96. The highest BCUT2D eigenvalue weighted by molar-refractivity contribution is 5.79. The van der Waals surface area contributed by atoms with Crippen LogP contribution in [0.2, 0.25) is 0 Å². The van der Waals surface area contributed by atoms with Crippen molar-refractivity contribution in [2.75, 3.05) is 0 Å². The number of benzene rings is 2. The maximum absolute atomic E-state index is 12.9. The van der Waals surface area contributed by atoms with E-state index in [1.54, 1.807) is 31.2 Å². The van der Waals surface area contributed by atoms with Crippen LogP contribution in [0.5, 0.6) is 11.5 Å². The summed E-state index contributed by atoms with van der Waals surface area (Å²) in [5, 5.41) is 6.72. The lowest BCUT2D eigenvalue weighted by molar-refractivity contribution is -0.120. The van der Waals surface area contributed by atoms with E-state index in [0.717, 1.165) is 16.8 Å². The van der Waals surface area contributed by atoms with E-state index >= 15 is 0 Å². The largest absolute Gasteiger partial charge is 0.457 e. The van der Waals surface area contributed by atoms with Crippen molar-refractivity contribution in [2.45, 2.75) is 26.8 Å². The van der Waals surface area contributed by atoms with Gasteiger partial charge in [-0.25, -0.2) is 4.39 Å². The van der Waals surface area contributed by atoms with Gasteiger partial charge in [0.15, 0.2) is 0 Å². The molecule has 0 aliphatic heterocycles. The number of nitrogens with zero attached hydrogens (tertiary/aromatic N) is 1. The van der Waals surface area contributed by atoms with Gasteiger partial charge in [0.1, 0.15) is 23.1 Å². The minimum Gasteiger partial charge on any atom is -0.457 e. The van der Waals surface area contributed by atoms with Crippen molar-refractivity contribution in [1.29, 1.82) is 0 Å². The predicted octanol–water partition coefficient (Wildman–Crippen LogP) is 4.08. The first-order valence-corrected chi connectivity index (χ1v) is 8.22. The molecule has 0 aliphatic rings. The highest BCUT2D eigenvalue weighted by atomic mass is 19.1. The van der Waals surface area contributed by atoms with E-state index in [1.165, 1.54) is 12.1 Å². The van der Waals surface area contributed by atoms with E-state index in [9.17, 15) is 9.18 Å². The zero-order valence-corrected chi connectivity index (χ0v) is 14.6. The van der Waals surface area contributed by atoms with Gasteiger partial charge in [0, 0.05) is 12.1 Å². The predicted molar refractivity (Wildman–Crippen MR) is 94.4 cm³/mol. The standard InChI is InChI=1S/C20H19FN2O3/c1-13-19(14(2)26-23-13)11-20(24)22-12-15-3-7-17(8-4-15)25-18-9-5-16(21)6-10-18/h3-10H,11-12H2,1-2H3,(H,22,24). The fourth-order valence-corrected chi connectivity index (χ4v) is 2.49. The van der Waals surface area contributed by atoms with Crippen molar-refractivity contribution in [2.24, 2.45) is 0 Å². The van der Waals surface area contributed by atoms with Crippen molar-refractivity contribution >= 4 is 5.91 Å². The van der Waals surface area contributed by atoms with Gasteiger partial charge in [0.2, 0.25) is 5.91 Å². The van der Waals surface area contributed by atoms with Crippen LogP contribution in [0, 0.1) is 19.7 Å². The maximum atomic E-state index is 12.9. The van der Waals surface area contributed by atoms with Gasteiger partial charge in [-0.15, -0.1) is 0 Å². The first-order valence-electron chi connectivity index (χ1n) is 8.22. The van der Waals surface area contributed by atoms with Crippen LogP contribution in [0.4, 0.5) is 4.39 Å². The molecular formula is C20H19FN2O3. The van der Waals surface area contributed by atoms with Crippen LogP contribution in [-0.4, -0.2) is 11.1 Å². The van der Waals surface area contributed by atoms with Gasteiger partial charge >= 0.3 is 0 Å². The van der Waals surface area contributed by atoms with Gasteiger partial charge in [-0.2, -0.15) is 0 Å². The van der Waals surface area contributed by atoms with Crippen molar-refractivity contribution in [3.05, 3.63) is 76.9 Å². The van der Waals surface area contributed by atoms with Gasteiger partial charge in [0.25, 0.3) is 0 Å². The smallest absolute Gasteiger partial charge is 0.224 e. The number of carbonyl (C=O) groups is 1. The Balaban J connectivity index is 1.52. The van der Waals surface area contributed by atoms with Crippen LogP contribution in [-0.2, 0) is 17.8 Å². The minimum absolute atomic E-state index is 0.0916.